The number of hydrogen-bond donors (Lipinski definition) is 2. The van der Waals surface area contributed by atoms with Crippen molar-refractivity contribution >= 4 is 40.8 Å². The molecule has 0 spiro atoms. The van der Waals surface area contributed by atoms with Crippen LogP contribution >= 0.6 is 11.6 Å². The lowest BCUT2D eigenvalue weighted by Gasteiger charge is -2.22. The summed E-state index contributed by atoms with van der Waals surface area (Å²) in [6.45, 7) is 0.837. The number of nitrogens with zero attached hydrogens (tertiary/aromatic N) is 2. The number of nitrogens with one attached hydrogen (secondary N) is 2. The molecule has 0 bridgehead atoms. The highest BCUT2D eigenvalue weighted by Crippen LogP contribution is 2.30. The molecule has 0 aliphatic carbocycles. The Labute approximate surface area is 168 Å². The first-order chi connectivity index (χ1) is 13.6. The van der Waals surface area contributed by atoms with Gasteiger partial charge in [0.1, 0.15) is 17.9 Å². The van der Waals surface area contributed by atoms with E-state index in [4.69, 9.17) is 11.6 Å². The van der Waals surface area contributed by atoms with Crippen LogP contribution in [-0.2, 0) is 15.1 Å². The van der Waals surface area contributed by atoms with Crippen molar-refractivity contribution in [3.63, 3.8) is 0 Å². The van der Waals surface area contributed by atoms with Crippen molar-refractivity contribution in [3.8, 4) is 0 Å². The van der Waals surface area contributed by atoms with Crippen LogP contribution in [0, 0.1) is 15.9 Å². The maximum atomic E-state index is 13.1. The first-order valence-corrected chi connectivity index (χ1v) is 8.63. The number of rotatable bonds is 5. The normalized spacial score (nSPS) is 18.5. The van der Waals surface area contributed by atoms with E-state index in [0.717, 1.165) is 12.1 Å². The molecule has 1 fully saturated rings. The Bertz CT molecular complexity index is 1030. The van der Waals surface area contributed by atoms with Crippen LogP contribution in [0.3, 0.4) is 0 Å². The van der Waals surface area contributed by atoms with Crippen LogP contribution in [0.5, 0.6) is 0 Å². The number of carbonyl (C=O) groups is 3. The van der Waals surface area contributed by atoms with E-state index in [1.54, 1.807) is 0 Å². The minimum Gasteiger partial charge on any atom is -0.323 e. The standard InChI is InChI=1S/C18H14ClFN4O5/c1-18(10-2-5-12(6-3-10)24(28)29)16(26)23(17(27)22-18)9-15(25)21-14-7-4-11(20)8-13(14)19/h2-8H,9H2,1H3,(H,21,25)(H,22,27). The lowest BCUT2D eigenvalue weighted by Crippen LogP contribution is -2.42. The first kappa shape index (κ1) is 20.2. The summed E-state index contributed by atoms with van der Waals surface area (Å²) in [6, 6.07) is 7.71. The number of benzene rings is 2. The molecule has 1 unspecified atom stereocenters. The quantitative estimate of drug-likeness (QED) is 0.437. The van der Waals surface area contributed by atoms with E-state index in [-0.39, 0.29) is 16.4 Å². The highest BCUT2D eigenvalue weighted by molar-refractivity contribution is 6.33. The number of carbonyl (C=O) groups excluding carboxylic acids is 3. The molecule has 1 saturated heterocycles. The summed E-state index contributed by atoms with van der Waals surface area (Å²) < 4.78 is 13.1. The second-order valence-corrected chi connectivity index (χ2v) is 6.83. The third-order valence-corrected chi connectivity index (χ3v) is 4.75. The number of hydrogen-bond acceptors (Lipinski definition) is 5. The van der Waals surface area contributed by atoms with Gasteiger partial charge in [-0.2, -0.15) is 0 Å². The predicted octanol–water partition coefficient (Wildman–Crippen LogP) is 2.79. The van der Waals surface area contributed by atoms with Crippen LogP contribution in [0.15, 0.2) is 42.5 Å². The molecule has 3 rings (SSSR count). The fourth-order valence-corrected chi connectivity index (χ4v) is 3.09. The summed E-state index contributed by atoms with van der Waals surface area (Å²) in [5.41, 5.74) is -1.20. The molecule has 1 atom stereocenters. The Morgan fingerprint density at radius 3 is 2.52 bits per heavy atom. The Hall–Kier alpha value is -3.53. The molecule has 2 aromatic carbocycles. The van der Waals surface area contributed by atoms with Crippen LogP contribution in [-0.4, -0.2) is 34.2 Å². The van der Waals surface area contributed by atoms with Gasteiger partial charge in [0.05, 0.1) is 15.6 Å². The molecule has 0 aromatic heterocycles. The minimum absolute atomic E-state index is 0.0359. The SMILES string of the molecule is CC1(c2ccc([N+](=O)[O-])cc2)NC(=O)N(CC(=O)Nc2ccc(F)cc2Cl)C1=O. The van der Waals surface area contributed by atoms with Crippen molar-refractivity contribution in [1.82, 2.24) is 10.2 Å². The van der Waals surface area contributed by atoms with Gasteiger partial charge in [-0.15, -0.1) is 0 Å². The molecule has 0 saturated carbocycles. The fourth-order valence-electron chi connectivity index (χ4n) is 2.88. The summed E-state index contributed by atoms with van der Waals surface area (Å²) >= 11 is 5.85. The molecule has 9 nitrogen and oxygen atoms in total. The highest BCUT2D eigenvalue weighted by atomic mass is 35.5. The predicted molar refractivity (Wildman–Crippen MR) is 101 cm³/mol. The summed E-state index contributed by atoms with van der Waals surface area (Å²) in [6.07, 6.45) is 0. The van der Waals surface area contributed by atoms with Crippen LogP contribution in [0.2, 0.25) is 5.02 Å². The highest BCUT2D eigenvalue weighted by Gasteiger charge is 2.49. The van der Waals surface area contributed by atoms with E-state index in [2.05, 4.69) is 10.6 Å². The Morgan fingerprint density at radius 1 is 1.28 bits per heavy atom. The number of non-ortho nitro benzene ring substituents is 1. The second-order valence-electron chi connectivity index (χ2n) is 6.42. The topological polar surface area (TPSA) is 122 Å². The maximum absolute atomic E-state index is 13.1. The Kier molecular flexibility index (Phi) is 5.21. The molecule has 2 aromatic rings. The molecule has 150 valence electrons. The lowest BCUT2D eigenvalue weighted by atomic mass is 9.92. The van der Waals surface area contributed by atoms with Gasteiger partial charge in [0.2, 0.25) is 5.91 Å². The van der Waals surface area contributed by atoms with Gasteiger partial charge in [-0.05, 0) is 42.8 Å². The molecule has 2 N–H and O–H groups in total. The number of urea groups is 1. The van der Waals surface area contributed by atoms with E-state index in [1.165, 1.54) is 37.3 Å². The summed E-state index contributed by atoms with van der Waals surface area (Å²) in [5.74, 6) is -1.99. The van der Waals surface area contributed by atoms with Gasteiger partial charge >= 0.3 is 6.03 Å². The third kappa shape index (κ3) is 3.87. The minimum atomic E-state index is -1.49. The average Bonchev–Trinajstić information content (AvgIpc) is 2.88. The third-order valence-electron chi connectivity index (χ3n) is 4.44. The van der Waals surface area contributed by atoms with Gasteiger partial charge in [0, 0.05) is 12.1 Å². The molecule has 4 amide bonds. The number of anilines is 1. The van der Waals surface area contributed by atoms with Crippen molar-refractivity contribution in [2.75, 3.05) is 11.9 Å². The molecule has 1 aliphatic rings. The van der Waals surface area contributed by atoms with Crippen molar-refractivity contribution in [3.05, 3.63) is 69.0 Å². The fraction of sp³-hybridized carbons (Fsp3) is 0.167. The molecular formula is C18H14ClFN4O5. The number of nitro groups is 1. The van der Waals surface area contributed by atoms with Crippen molar-refractivity contribution in [1.29, 1.82) is 0 Å². The average molecular weight is 421 g/mol. The van der Waals surface area contributed by atoms with Crippen molar-refractivity contribution in [2.24, 2.45) is 0 Å². The molecule has 11 heteroatoms. The summed E-state index contributed by atoms with van der Waals surface area (Å²) in [7, 11) is 0. The van der Waals surface area contributed by atoms with Crippen molar-refractivity contribution < 1.29 is 23.7 Å². The molecule has 29 heavy (non-hydrogen) atoms. The zero-order chi connectivity index (χ0) is 21.3. The van der Waals surface area contributed by atoms with E-state index in [9.17, 15) is 28.9 Å². The summed E-state index contributed by atoms with van der Waals surface area (Å²) in [4.78, 5) is 48.3. The van der Waals surface area contributed by atoms with E-state index in [1.807, 2.05) is 0 Å². The largest absolute Gasteiger partial charge is 0.325 e. The zero-order valence-corrected chi connectivity index (χ0v) is 15.7. The van der Waals surface area contributed by atoms with E-state index in [0.29, 0.717) is 10.5 Å². The number of halogens is 2. The first-order valence-electron chi connectivity index (χ1n) is 8.26. The monoisotopic (exact) mass is 420 g/mol. The number of nitro benzene ring substituents is 1. The van der Waals surface area contributed by atoms with Crippen LogP contribution in [0.25, 0.3) is 0 Å². The van der Waals surface area contributed by atoms with Gasteiger partial charge < -0.3 is 10.6 Å². The van der Waals surface area contributed by atoms with Gasteiger partial charge in [-0.1, -0.05) is 11.6 Å². The van der Waals surface area contributed by atoms with Gasteiger partial charge in [0.25, 0.3) is 11.6 Å². The van der Waals surface area contributed by atoms with Crippen LogP contribution in [0.1, 0.15) is 12.5 Å². The number of imide groups is 1. The van der Waals surface area contributed by atoms with Crippen LogP contribution in [0.4, 0.5) is 20.6 Å². The van der Waals surface area contributed by atoms with Crippen LogP contribution < -0.4 is 10.6 Å². The van der Waals surface area contributed by atoms with Gasteiger partial charge in [-0.3, -0.25) is 24.6 Å². The smallest absolute Gasteiger partial charge is 0.323 e. The molecule has 1 aliphatic heterocycles. The Morgan fingerprint density at radius 2 is 1.93 bits per heavy atom. The second kappa shape index (κ2) is 7.47. The summed E-state index contributed by atoms with van der Waals surface area (Å²) in [5, 5.41) is 15.6. The molecular weight excluding hydrogens is 407 g/mol. The molecule has 1 heterocycles. The van der Waals surface area contributed by atoms with Gasteiger partial charge in [0.15, 0.2) is 0 Å². The van der Waals surface area contributed by atoms with Crippen molar-refractivity contribution in [2.45, 2.75) is 12.5 Å². The van der Waals surface area contributed by atoms with E-state index < -0.39 is 40.7 Å². The molecule has 0 radical (unpaired) electrons. The Balaban J connectivity index is 1.75. The lowest BCUT2D eigenvalue weighted by molar-refractivity contribution is -0.384. The number of amides is 4. The maximum Gasteiger partial charge on any atom is 0.325 e. The van der Waals surface area contributed by atoms with E-state index >= 15 is 0 Å². The zero-order valence-electron chi connectivity index (χ0n) is 14.9. The van der Waals surface area contributed by atoms with Gasteiger partial charge in [-0.25, -0.2) is 9.18 Å².